The molecule has 6 aromatic carbocycles. The number of aromatic nitrogens is 2. The van der Waals surface area contributed by atoms with Crippen LogP contribution < -0.4 is 0 Å². The number of nitrogens with zero attached hydrogens (tertiary/aromatic N) is 2. The standard InChI is InChI=1S/C46H36N2/c1-5-16-40(47-41-17-6-2-11-34(41)35-12-3-7-18-42(35)47)33(10-1)30-20-21-43-37(27-30)36-13-9-15-39-45(36)48(43)44-19-8-4-14-38(44)46(39)31-23-28-22-29(25-31)26-32(46)24-28/h1-21,27-29,31-32H,22-26H2. The van der Waals surface area contributed by atoms with Crippen LogP contribution in [0.4, 0.5) is 0 Å². The molecule has 2 aromatic heterocycles. The van der Waals surface area contributed by atoms with Gasteiger partial charge in [0.15, 0.2) is 0 Å². The van der Waals surface area contributed by atoms with Crippen molar-refractivity contribution >= 4 is 43.6 Å². The van der Waals surface area contributed by atoms with E-state index in [-0.39, 0.29) is 5.41 Å². The molecule has 4 fully saturated rings. The molecular weight excluding hydrogens is 581 g/mol. The average molecular weight is 617 g/mol. The van der Waals surface area contributed by atoms with Gasteiger partial charge in [0.25, 0.3) is 0 Å². The molecule has 3 heterocycles. The van der Waals surface area contributed by atoms with Gasteiger partial charge in [-0.25, -0.2) is 0 Å². The summed E-state index contributed by atoms with van der Waals surface area (Å²) < 4.78 is 5.10. The van der Waals surface area contributed by atoms with E-state index in [1.807, 2.05) is 0 Å². The van der Waals surface area contributed by atoms with Gasteiger partial charge in [-0.2, -0.15) is 0 Å². The zero-order chi connectivity index (χ0) is 31.1. The van der Waals surface area contributed by atoms with Crippen molar-refractivity contribution in [3.63, 3.8) is 0 Å². The minimum atomic E-state index is 0.139. The van der Waals surface area contributed by atoms with Gasteiger partial charge in [-0.15, -0.1) is 0 Å². The van der Waals surface area contributed by atoms with Gasteiger partial charge in [0.1, 0.15) is 0 Å². The van der Waals surface area contributed by atoms with Crippen molar-refractivity contribution in [2.24, 2.45) is 23.7 Å². The molecule has 4 saturated carbocycles. The largest absolute Gasteiger partial charge is 0.309 e. The monoisotopic (exact) mass is 616 g/mol. The number of benzene rings is 6. The fourth-order valence-electron chi connectivity index (χ4n) is 11.9. The first kappa shape index (κ1) is 25.9. The molecule has 0 atom stereocenters. The predicted octanol–water partition coefficient (Wildman–Crippen LogP) is 11.6. The van der Waals surface area contributed by atoms with Gasteiger partial charge >= 0.3 is 0 Å². The smallest absolute Gasteiger partial charge is 0.0582 e. The maximum Gasteiger partial charge on any atom is 0.0582 e. The average Bonchev–Trinajstić information content (AvgIpc) is 3.65. The van der Waals surface area contributed by atoms with E-state index < -0.39 is 0 Å². The summed E-state index contributed by atoms with van der Waals surface area (Å²) in [6.45, 7) is 0. The van der Waals surface area contributed by atoms with Crippen molar-refractivity contribution in [3.8, 4) is 22.5 Å². The van der Waals surface area contributed by atoms with Gasteiger partial charge in [-0.3, -0.25) is 0 Å². The van der Waals surface area contributed by atoms with Gasteiger partial charge in [0.2, 0.25) is 0 Å². The summed E-state index contributed by atoms with van der Waals surface area (Å²) in [7, 11) is 0. The Morgan fingerprint density at radius 2 is 1.02 bits per heavy atom. The van der Waals surface area contributed by atoms with Crippen molar-refractivity contribution in [2.75, 3.05) is 0 Å². The lowest BCUT2D eigenvalue weighted by Crippen LogP contribution is -2.57. The van der Waals surface area contributed by atoms with E-state index >= 15 is 0 Å². The fraction of sp³-hybridized carbons (Fsp3) is 0.217. The Morgan fingerprint density at radius 1 is 0.438 bits per heavy atom. The number of para-hydroxylation sites is 5. The summed E-state index contributed by atoms with van der Waals surface area (Å²) in [6, 6.07) is 50.7. The SMILES string of the molecule is c1ccc(-n2c3ccccc3c3ccccc32)c(-c2ccc3c(c2)c2cccc4c2n3-c2ccccc2C42C3CC4CC(C3)CC2C4)c1. The van der Waals surface area contributed by atoms with Gasteiger partial charge in [0.05, 0.1) is 33.4 Å². The lowest BCUT2D eigenvalue weighted by atomic mass is 9.41. The molecule has 48 heavy (non-hydrogen) atoms. The minimum Gasteiger partial charge on any atom is -0.309 e. The number of hydrogen-bond acceptors (Lipinski definition) is 0. The Hall–Kier alpha value is -5.08. The Bertz CT molecular complexity index is 2570. The first-order valence-corrected chi connectivity index (χ1v) is 18.0. The highest BCUT2D eigenvalue weighted by atomic mass is 15.0. The quantitative estimate of drug-likeness (QED) is 0.183. The van der Waals surface area contributed by atoms with Crippen LogP contribution in [0.15, 0.2) is 133 Å². The van der Waals surface area contributed by atoms with E-state index in [2.05, 4.69) is 143 Å². The van der Waals surface area contributed by atoms with E-state index in [0.717, 1.165) is 23.7 Å². The molecule has 1 aliphatic heterocycles. The van der Waals surface area contributed by atoms with Crippen LogP contribution in [0.2, 0.25) is 0 Å². The molecule has 2 nitrogen and oxygen atoms in total. The van der Waals surface area contributed by atoms with Crippen LogP contribution in [0.1, 0.15) is 43.2 Å². The maximum atomic E-state index is 2.63. The first-order chi connectivity index (χ1) is 23.8. The molecule has 8 aromatic rings. The van der Waals surface area contributed by atoms with Crippen molar-refractivity contribution < 1.29 is 0 Å². The van der Waals surface area contributed by atoms with Gasteiger partial charge in [-0.1, -0.05) is 97.1 Å². The summed E-state index contributed by atoms with van der Waals surface area (Å²) in [6.07, 6.45) is 7.10. The summed E-state index contributed by atoms with van der Waals surface area (Å²) in [5, 5.41) is 5.35. The molecule has 230 valence electrons. The second-order valence-corrected chi connectivity index (χ2v) is 15.3. The van der Waals surface area contributed by atoms with Crippen molar-refractivity contribution in [1.82, 2.24) is 9.13 Å². The van der Waals surface area contributed by atoms with E-state index in [4.69, 9.17) is 0 Å². The minimum absolute atomic E-state index is 0.139. The predicted molar refractivity (Wildman–Crippen MR) is 198 cm³/mol. The van der Waals surface area contributed by atoms with Gasteiger partial charge < -0.3 is 9.13 Å². The van der Waals surface area contributed by atoms with Crippen LogP contribution in [0.25, 0.3) is 66.1 Å². The molecule has 13 rings (SSSR count). The zero-order valence-corrected chi connectivity index (χ0v) is 26.9. The second-order valence-electron chi connectivity index (χ2n) is 15.3. The summed E-state index contributed by atoms with van der Waals surface area (Å²) >= 11 is 0. The summed E-state index contributed by atoms with van der Waals surface area (Å²) in [4.78, 5) is 0. The van der Waals surface area contributed by atoms with Gasteiger partial charge in [0, 0.05) is 32.5 Å². The lowest BCUT2D eigenvalue weighted by molar-refractivity contribution is -0.0418. The van der Waals surface area contributed by atoms with Gasteiger partial charge in [-0.05, 0) is 109 Å². The number of hydrogen-bond donors (Lipinski definition) is 0. The van der Waals surface area contributed by atoms with Crippen molar-refractivity contribution in [1.29, 1.82) is 0 Å². The van der Waals surface area contributed by atoms with Crippen molar-refractivity contribution in [3.05, 3.63) is 145 Å². The van der Waals surface area contributed by atoms with Crippen LogP contribution in [0.5, 0.6) is 0 Å². The third-order valence-corrected chi connectivity index (χ3v) is 13.3. The van der Waals surface area contributed by atoms with Crippen LogP contribution in [0, 0.1) is 23.7 Å². The normalized spacial score (nSPS) is 25.2. The molecule has 0 radical (unpaired) electrons. The summed E-state index contributed by atoms with van der Waals surface area (Å²) in [5.74, 6) is 3.38. The van der Waals surface area contributed by atoms with Crippen LogP contribution >= 0.6 is 0 Å². The van der Waals surface area contributed by atoms with Crippen LogP contribution in [0.3, 0.4) is 0 Å². The molecule has 4 aliphatic carbocycles. The topological polar surface area (TPSA) is 9.86 Å². The van der Waals surface area contributed by atoms with E-state index in [1.54, 1.807) is 11.1 Å². The lowest BCUT2D eigenvalue weighted by Gasteiger charge is -2.63. The number of rotatable bonds is 2. The highest BCUT2D eigenvalue weighted by molar-refractivity contribution is 6.13. The Kier molecular flexibility index (Phi) is 4.91. The maximum absolute atomic E-state index is 2.63. The zero-order valence-electron chi connectivity index (χ0n) is 26.9. The molecule has 0 unspecified atom stereocenters. The molecule has 0 amide bonds. The molecule has 1 spiro atoms. The Labute approximate surface area is 280 Å². The molecule has 0 N–H and O–H groups in total. The third-order valence-electron chi connectivity index (χ3n) is 13.3. The third kappa shape index (κ3) is 3.06. The van der Waals surface area contributed by atoms with Crippen LogP contribution in [-0.2, 0) is 5.41 Å². The fourth-order valence-corrected chi connectivity index (χ4v) is 11.9. The molecule has 4 bridgehead atoms. The highest BCUT2D eigenvalue weighted by Crippen LogP contribution is 2.68. The second kappa shape index (κ2) is 9.08. The van der Waals surface area contributed by atoms with Crippen LogP contribution in [-0.4, -0.2) is 9.13 Å². The Balaban J connectivity index is 1.13. The van der Waals surface area contributed by atoms with Crippen molar-refractivity contribution in [2.45, 2.75) is 37.5 Å². The Morgan fingerprint density at radius 3 is 1.77 bits per heavy atom. The molecular formula is C46H36N2. The molecule has 5 aliphatic rings. The number of fused-ring (bicyclic) bond motifs is 8. The van der Waals surface area contributed by atoms with E-state index in [0.29, 0.717) is 0 Å². The summed E-state index contributed by atoms with van der Waals surface area (Å²) in [5.41, 5.74) is 13.8. The highest BCUT2D eigenvalue weighted by Gasteiger charge is 2.60. The van der Waals surface area contributed by atoms with E-state index in [9.17, 15) is 0 Å². The molecule has 0 saturated heterocycles. The molecule has 2 heteroatoms. The van der Waals surface area contributed by atoms with E-state index in [1.165, 1.54) is 98.2 Å². The first-order valence-electron chi connectivity index (χ1n) is 18.0.